The van der Waals surface area contributed by atoms with Crippen molar-refractivity contribution in [1.29, 1.82) is 0 Å². The summed E-state index contributed by atoms with van der Waals surface area (Å²) in [5.74, 6) is -1.60. The van der Waals surface area contributed by atoms with Gasteiger partial charge < -0.3 is 15.4 Å². The smallest absolute Gasteiger partial charge is 0.337 e. The molecule has 4 aromatic rings. The van der Waals surface area contributed by atoms with Gasteiger partial charge >= 0.3 is 5.97 Å². The molecule has 4 rings (SSSR count). The van der Waals surface area contributed by atoms with Crippen LogP contribution in [0.15, 0.2) is 91.3 Å². The van der Waals surface area contributed by atoms with Crippen molar-refractivity contribution in [3.05, 3.63) is 119 Å². The van der Waals surface area contributed by atoms with Gasteiger partial charge in [-0.3, -0.25) is 14.6 Å². The van der Waals surface area contributed by atoms with E-state index in [0.717, 1.165) is 5.56 Å². The lowest BCUT2D eigenvalue weighted by Gasteiger charge is -2.12. The van der Waals surface area contributed by atoms with Crippen molar-refractivity contribution in [1.82, 2.24) is 10.3 Å². The largest absolute Gasteiger partial charge is 0.465 e. The Morgan fingerprint density at radius 3 is 2.22 bits per heavy atom. The number of hydrogen-bond donors (Lipinski definition) is 2. The highest BCUT2D eigenvalue weighted by atomic mass is 19.1. The molecule has 2 amide bonds. The number of nitrogens with one attached hydrogen (secondary N) is 2. The normalized spacial score (nSPS) is 10.4. The molecule has 0 aliphatic carbocycles. The van der Waals surface area contributed by atoms with Gasteiger partial charge in [-0.25, -0.2) is 9.18 Å². The van der Waals surface area contributed by atoms with Crippen LogP contribution >= 0.6 is 0 Å². The number of pyridine rings is 1. The summed E-state index contributed by atoms with van der Waals surface area (Å²) < 4.78 is 18.3. The first-order valence-electron chi connectivity index (χ1n) is 11.0. The van der Waals surface area contributed by atoms with Gasteiger partial charge in [0.15, 0.2) is 0 Å². The molecule has 1 heterocycles. The second kappa shape index (κ2) is 11.1. The number of anilines is 1. The van der Waals surface area contributed by atoms with Gasteiger partial charge in [-0.1, -0.05) is 24.3 Å². The maximum absolute atomic E-state index is 13.5. The van der Waals surface area contributed by atoms with Crippen molar-refractivity contribution in [2.24, 2.45) is 0 Å². The minimum atomic E-state index is -0.574. The summed E-state index contributed by atoms with van der Waals surface area (Å²) in [4.78, 5) is 41.3. The standard InChI is InChI=1S/C28H22FN3O4/c1-36-28(35)23-13-18(14-25(16-23)32-27(34)21-9-11-30-12-10-21)17-31-26(33)20-7-5-19(6-8-20)22-3-2-4-24(29)15-22/h2-16H,17H2,1H3,(H,31,33)(H,32,34). The highest BCUT2D eigenvalue weighted by Crippen LogP contribution is 2.21. The van der Waals surface area contributed by atoms with Crippen molar-refractivity contribution in [3.63, 3.8) is 0 Å². The molecular formula is C28H22FN3O4. The van der Waals surface area contributed by atoms with E-state index in [2.05, 4.69) is 15.6 Å². The number of hydrogen-bond acceptors (Lipinski definition) is 5. The van der Waals surface area contributed by atoms with E-state index in [1.54, 1.807) is 60.7 Å². The lowest BCUT2D eigenvalue weighted by atomic mass is 10.0. The van der Waals surface area contributed by atoms with E-state index in [1.807, 2.05) is 0 Å². The van der Waals surface area contributed by atoms with Crippen LogP contribution in [0.1, 0.15) is 36.6 Å². The van der Waals surface area contributed by atoms with Crippen LogP contribution in [-0.4, -0.2) is 29.9 Å². The summed E-state index contributed by atoms with van der Waals surface area (Å²) in [5, 5.41) is 5.56. The van der Waals surface area contributed by atoms with Gasteiger partial charge in [0.05, 0.1) is 12.7 Å². The zero-order chi connectivity index (χ0) is 25.5. The van der Waals surface area contributed by atoms with E-state index in [4.69, 9.17) is 4.74 Å². The van der Waals surface area contributed by atoms with Crippen LogP contribution in [0, 0.1) is 5.82 Å². The van der Waals surface area contributed by atoms with Crippen LogP contribution in [0.5, 0.6) is 0 Å². The molecule has 8 heteroatoms. The first kappa shape index (κ1) is 24.3. The maximum atomic E-state index is 13.5. The van der Waals surface area contributed by atoms with Gasteiger partial charge in [-0.15, -0.1) is 0 Å². The summed E-state index contributed by atoms with van der Waals surface area (Å²) in [7, 11) is 1.26. The third-order valence-electron chi connectivity index (χ3n) is 5.37. The van der Waals surface area contributed by atoms with Crippen molar-refractivity contribution >= 4 is 23.5 Å². The molecule has 3 aromatic carbocycles. The predicted molar refractivity (Wildman–Crippen MR) is 133 cm³/mol. The number of nitrogens with zero attached hydrogens (tertiary/aromatic N) is 1. The van der Waals surface area contributed by atoms with Gasteiger partial charge in [-0.2, -0.15) is 0 Å². The molecule has 0 aliphatic rings. The summed E-state index contributed by atoms with van der Waals surface area (Å²) in [6.07, 6.45) is 3.01. The Balaban J connectivity index is 1.47. The number of carbonyl (C=O) groups is 3. The Morgan fingerprint density at radius 2 is 1.53 bits per heavy atom. The molecule has 0 aliphatic heterocycles. The highest BCUT2D eigenvalue weighted by Gasteiger charge is 2.13. The average Bonchev–Trinajstić information content (AvgIpc) is 2.91. The van der Waals surface area contributed by atoms with Gasteiger partial charge in [0.25, 0.3) is 11.8 Å². The van der Waals surface area contributed by atoms with E-state index >= 15 is 0 Å². The number of benzene rings is 3. The SMILES string of the molecule is COC(=O)c1cc(CNC(=O)c2ccc(-c3cccc(F)c3)cc2)cc(NC(=O)c2ccncc2)c1. The third-order valence-corrected chi connectivity index (χ3v) is 5.37. The Bertz CT molecular complexity index is 1410. The lowest BCUT2D eigenvalue weighted by Crippen LogP contribution is -2.23. The number of halogens is 1. The Labute approximate surface area is 207 Å². The van der Waals surface area contributed by atoms with Gasteiger partial charge in [0.2, 0.25) is 0 Å². The predicted octanol–water partition coefficient (Wildman–Crippen LogP) is 4.86. The van der Waals surface area contributed by atoms with Crippen molar-refractivity contribution in [3.8, 4) is 11.1 Å². The van der Waals surface area contributed by atoms with Crippen LogP contribution in [-0.2, 0) is 11.3 Å². The molecule has 0 atom stereocenters. The number of ether oxygens (including phenoxy) is 1. The monoisotopic (exact) mass is 483 g/mol. The quantitative estimate of drug-likeness (QED) is 0.366. The molecule has 0 fully saturated rings. The van der Waals surface area contributed by atoms with Crippen LogP contribution in [0.3, 0.4) is 0 Å². The topological polar surface area (TPSA) is 97.4 Å². The van der Waals surface area contributed by atoms with Gasteiger partial charge in [0, 0.05) is 35.8 Å². The number of aromatic nitrogens is 1. The summed E-state index contributed by atoms with van der Waals surface area (Å²) >= 11 is 0. The molecular weight excluding hydrogens is 461 g/mol. The van der Waals surface area contributed by atoms with E-state index in [-0.39, 0.29) is 29.7 Å². The van der Waals surface area contributed by atoms with E-state index < -0.39 is 5.97 Å². The van der Waals surface area contributed by atoms with Gasteiger partial charge in [0.1, 0.15) is 5.82 Å². The zero-order valence-corrected chi connectivity index (χ0v) is 19.3. The third kappa shape index (κ3) is 5.98. The van der Waals surface area contributed by atoms with Crippen LogP contribution in [0.4, 0.5) is 10.1 Å². The molecule has 0 bridgehead atoms. The second-order valence-corrected chi connectivity index (χ2v) is 7.87. The Morgan fingerprint density at radius 1 is 0.806 bits per heavy atom. The maximum Gasteiger partial charge on any atom is 0.337 e. The average molecular weight is 483 g/mol. The highest BCUT2D eigenvalue weighted by molar-refractivity contribution is 6.05. The molecule has 0 unspecified atom stereocenters. The number of esters is 1. The van der Waals surface area contributed by atoms with E-state index in [0.29, 0.717) is 27.9 Å². The number of methoxy groups -OCH3 is 1. The first-order chi connectivity index (χ1) is 17.4. The molecule has 180 valence electrons. The molecule has 0 saturated heterocycles. The molecule has 0 spiro atoms. The fraction of sp³-hybridized carbons (Fsp3) is 0.0714. The van der Waals surface area contributed by atoms with Crippen molar-refractivity contribution < 1.29 is 23.5 Å². The zero-order valence-electron chi connectivity index (χ0n) is 19.3. The molecule has 2 N–H and O–H groups in total. The Kier molecular flexibility index (Phi) is 7.45. The number of rotatable bonds is 7. The lowest BCUT2D eigenvalue weighted by molar-refractivity contribution is 0.0600. The van der Waals surface area contributed by atoms with E-state index in [9.17, 15) is 18.8 Å². The van der Waals surface area contributed by atoms with Crippen LogP contribution < -0.4 is 10.6 Å². The van der Waals surface area contributed by atoms with Crippen molar-refractivity contribution in [2.75, 3.05) is 12.4 Å². The minimum Gasteiger partial charge on any atom is -0.465 e. The summed E-state index contributed by atoms with van der Waals surface area (Å²) in [6, 6.07) is 20.9. The fourth-order valence-electron chi connectivity index (χ4n) is 3.57. The summed E-state index contributed by atoms with van der Waals surface area (Å²) in [5.41, 5.74) is 3.52. The molecule has 0 radical (unpaired) electrons. The number of amides is 2. The Hall–Kier alpha value is -4.85. The van der Waals surface area contributed by atoms with E-state index in [1.165, 1.54) is 37.7 Å². The number of carbonyl (C=O) groups excluding carboxylic acids is 3. The van der Waals surface area contributed by atoms with Crippen molar-refractivity contribution in [2.45, 2.75) is 6.54 Å². The summed E-state index contributed by atoms with van der Waals surface area (Å²) in [6.45, 7) is 0.105. The molecule has 36 heavy (non-hydrogen) atoms. The molecule has 0 saturated carbocycles. The fourth-order valence-corrected chi connectivity index (χ4v) is 3.57. The molecule has 7 nitrogen and oxygen atoms in total. The molecule has 1 aromatic heterocycles. The second-order valence-electron chi connectivity index (χ2n) is 7.87. The van der Waals surface area contributed by atoms with Crippen LogP contribution in [0.25, 0.3) is 11.1 Å². The first-order valence-corrected chi connectivity index (χ1v) is 11.0. The van der Waals surface area contributed by atoms with Crippen LogP contribution in [0.2, 0.25) is 0 Å². The van der Waals surface area contributed by atoms with Gasteiger partial charge in [-0.05, 0) is 71.3 Å². The minimum absolute atomic E-state index is 0.105.